The molecule has 0 amide bonds. The van der Waals surface area contributed by atoms with E-state index in [1.807, 2.05) is 26.0 Å². The third-order valence-electron chi connectivity index (χ3n) is 11.0. The van der Waals surface area contributed by atoms with Gasteiger partial charge in [-0.25, -0.2) is 9.78 Å². The first kappa shape index (κ1) is 38.0. The lowest BCUT2D eigenvalue weighted by molar-refractivity contribution is -0.137. The molecule has 8 bridgehead atoms. The van der Waals surface area contributed by atoms with Crippen LogP contribution in [0.4, 0.5) is 0 Å². The van der Waals surface area contributed by atoms with Crippen LogP contribution in [0.3, 0.4) is 0 Å². The number of aromatic carboxylic acids is 1. The molecule has 0 aromatic carbocycles. The van der Waals surface area contributed by atoms with Gasteiger partial charge in [0.1, 0.15) is 0 Å². The largest absolute Gasteiger partial charge is 0.481 e. The van der Waals surface area contributed by atoms with Crippen molar-refractivity contribution in [3.8, 4) is 0 Å². The molecule has 0 spiro atoms. The molecule has 0 aliphatic carbocycles. The molecular weight excluding hydrogens is 640 g/mol. The van der Waals surface area contributed by atoms with Crippen LogP contribution in [0.2, 0.25) is 0 Å². The lowest BCUT2D eigenvalue weighted by Gasteiger charge is -2.16. The standard InChI is InChI=1S/C42H56N4O5/c1-8-10-11-12-13-14-15-16-19-51-23-31-26(5)32-20-34-25(4)30(17-18-38(47)48)40(45-34)28(7)41-39(42(49)50)27(6)35(46-41)22-36-29(9-2)24(3)33(43-36)21-37(31)44-32/h20-22,25,30,43,46H,8-19,23H2,1-7H3,(H,47,48)(H,49,50)/t25-,30-/m0/s1. The van der Waals surface area contributed by atoms with Crippen molar-refractivity contribution in [2.75, 3.05) is 13.2 Å². The summed E-state index contributed by atoms with van der Waals surface area (Å²) in [7, 11) is 0. The lowest BCUT2D eigenvalue weighted by atomic mass is 9.85. The van der Waals surface area contributed by atoms with Crippen LogP contribution in [0.5, 0.6) is 0 Å². The van der Waals surface area contributed by atoms with Gasteiger partial charge in [0.25, 0.3) is 0 Å². The molecule has 2 aliphatic rings. The predicted molar refractivity (Wildman–Crippen MR) is 205 cm³/mol. The fourth-order valence-electron chi connectivity index (χ4n) is 7.80. The second-order valence-electron chi connectivity index (χ2n) is 14.4. The van der Waals surface area contributed by atoms with Crippen molar-refractivity contribution in [1.82, 2.24) is 19.9 Å². The molecule has 0 saturated heterocycles. The lowest BCUT2D eigenvalue weighted by Crippen LogP contribution is -2.07. The molecule has 274 valence electrons. The Bertz CT molecular complexity index is 1970. The number of ether oxygens (including phenoxy) is 1. The van der Waals surface area contributed by atoms with Gasteiger partial charge in [-0.15, -0.1) is 0 Å². The number of aromatic nitrogens is 4. The molecule has 0 saturated carbocycles. The van der Waals surface area contributed by atoms with E-state index >= 15 is 0 Å². The van der Waals surface area contributed by atoms with Gasteiger partial charge < -0.3 is 24.9 Å². The molecule has 3 aromatic heterocycles. The van der Waals surface area contributed by atoms with Crippen LogP contribution in [-0.4, -0.2) is 55.3 Å². The predicted octanol–water partition coefficient (Wildman–Crippen LogP) is 10.3. The number of aromatic amines is 2. The van der Waals surface area contributed by atoms with E-state index in [4.69, 9.17) is 14.7 Å². The van der Waals surface area contributed by atoms with Gasteiger partial charge in [0.15, 0.2) is 0 Å². The Balaban J connectivity index is 1.65. The molecule has 5 rings (SSSR count). The number of H-pyrrole nitrogens is 2. The summed E-state index contributed by atoms with van der Waals surface area (Å²) < 4.78 is 6.30. The number of carboxylic acid groups (broad SMARTS) is 2. The van der Waals surface area contributed by atoms with Crippen molar-refractivity contribution in [3.05, 3.63) is 68.8 Å². The van der Waals surface area contributed by atoms with Crippen LogP contribution in [0.1, 0.15) is 159 Å². The van der Waals surface area contributed by atoms with Gasteiger partial charge >= 0.3 is 11.9 Å². The third-order valence-corrected chi connectivity index (χ3v) is 11.0. The van der Waals surface area contributed by atoms with Crippen molar-refractivity contribution in [1.29, 1.82) is 0 Å². The minimum Gasteiger partial charge on any atom is -0.481 e. The van der Waals surface area contributed by atoms with Gasteiger partial charge in [-0.05, 0) is 93.0 Å². The summed E-state index contributed by atoms with van der Waals surface area (Å²) in [5, 5.41) is 20.0. The quantitative estimate of drug-likeness (QED) is 0.109. The maximum absolute atomic E-state index is 12.7. The van der Waals surface area contributed by atoms with Gasteiger partial charge in [-0.3, -0.25) is 9.78 Å². The summed E-state index contributed by atoms with van der Waals surface area (Å²) in [5.74, 6) is -2.18. The number of hydrogen-bond acceptors (Lipinski definition) is 5. The smallest absolute Gasteiger partial charge is 0.338 e. The van der Waals surface area contributed by atoms with E-state index in [1.54, 1.807) is 0 Å². The Kier molecular flexibility index (Phi) is 12.6. The average Bonchev–Trinajstić information content (AvgIpc) is 3.77. The summed E-state index contributed by atoms with van der Waals surface area (Å²) in [6.45, 7) is 15.5. The zero-order valence-corrected chi connectivity index (χ0v) is 31.6. The van der Waals surface area contributed by atoms with Crippen LogP contribution >= 0.6 is 0 Å². The highest BCUT2D eigenvalue weighted by Crippen LogP contribution is 2.42. The first-order valence-electron chi connectivity index (χ1n) is 18.9. The van der Waals surface area contributed by atoms with Crippen LogP contribution in [-0.2, 0) is 16.0 Å². The molecule has 2 aliphatic heterocycles. The normalized spacial score (nSPS) is 15.9. The van der Waals surface area contributed by atoms with Crippen LogP contribution in [0, 0.1) is 20.8 Å². The molecule has 0 radical (unpaired) electrons. The molecule has 2 atom stereocenters. The zero-order chi connectivity index (χ0) is 36.8. The number of allylic oxidation sites excluding steroid dienone is 1. The second-order valence-corrected chi connectivity index (χ2v) is 14.4. The van der Waals surface area contributed by atoms with Crippen LogP contribution in [0.25, 0.3) is 33.2 Å². The van der Waals surface area contributed by atoms with E-state index in [0.717, 1.165) is 68.9 Å². The third kappa shape index (κ3) is 8.30. The van der Waals surface area contributed by atoms with E-state index in [-0.39, 0.29) is 23.8 Å². The number of aliphatic carboxylic acids is 1. The molecule has 51 heavy (non-hydrogen) atoms. The maximum Gasteiger partial charge on any atom is 0.338 e. The molecule has 0 unspecified atom stereocenters. The maximum atomic E-state index is 12.7. The number of aryl methyl sites for hydroxylation is 4. The molecular formula is C42H56N4O5. The molecule has 9 nitrogen and oxygen atoms in total. The Morgan fingerprint density at radius 3 is 2.16 bits per heavy atom. The van der Waals surface area contributed by atoms with E-state index in [0.29, 0.717) is 41.8 Å². The molecule has 9 heteroatoms. The highest BCUT2D eigenvalue weighted by Gasteiger charge is 2.32. The molecule has 5 heterocycles. The number of nitrogens with one attached hydrogen (secondary N) is 2. The first-order valence-corrected chi connectivity index (χ1v) is 18.9. The van der Waals surface area contributed by atoms with E-state index in [9.17, 15) is 19.8 Å². The average molecular weight is 697 g/mol. The first-order chi connectivity index (χ1) is 24.5. The summed E-state index contributed by atoms with van der Waals surface area (Å²) >= 11 is 0. The van der Waals surface area contributed by atoms with E-state index in [1.165, 1.54) is 44.9 Å². The fourth-order valence-corrected chi connectivity index (χ4v) is 7.80. The highest BCUT2D eigenvalue weighted by molar-refractivity contribution is 6.02. The number of carboxylic acids is 2. The SMILES string of the molecule is CCCCCCCCCCOCC1=C(C)c2cc3nc(c(C)c4[nH]c(cc5[nH]c(cc1n2)c(C)c5CC)c(C)c4C(=O)O)[C@@H](CCC(=O)O)[C@@H]3C. The van der Waals surface area contributed by atoms with Crippen molar-refractivity contribution in [3.63, 3.8) is 0 Å². The van der Waals surface area contributed by atoms with Crippen molar-refractivity contribution >= 4 is 45.2 Å². The highest BCUT2D eigenvalue weighted by atomic mass is 16.5. The van der Waals surface area contributed by atoms with Crippen LogP contribution < -0.4 is 0 Å². The van der Waals surface area contributed by atoms with Crippen molar-refractivity contribution in [2.24, 2.45) is 0 Å². The Morgan fingerprint density at radius 2 is 1.49 bits per heavy atom. The fraction of sp³-hybridized carbons (Fsp3) is 0.524. The monoisotopic (exact) mass is 696 g/mol. The number of rotatable bonds is 16. The number of unbranched alkanes of at least 4 members (excludes halogenated alkanes) is 7. The minimum absolute atomic E-state index is 0.00958. The Labute approximate surface area is 302 Å². The molecule has 4 N–H and O–H groups in total. The van der Waals surface area contributed by atoms with Crippen molar-refractivity contribution in [2.45, 2.75) is 131 Å². The topological polar surface area (TPSA) is 141 Å². The zero-order valence-electron chi connectivity index (χ0n) is 31.6. The Morgan fingerprint density at radius 1 is 0.804 bits per heavy atom. The number of carbonyl (C=O) groups is 2. The van der Waals surface area contributed by atoms with Gasteiger partial charge in [-0.1, -0.05) is 65.7 Å². The summed E-state index contributed by atoms with van der Waals surface area (Å²) in [6.07, 6.45) is 11.2. The number of hydrogen-bond donors (Lipinski definition) is 4. The minimum atomic E-state index is -1.02. The van der Waals surface area contributed by atoms with Gasteiger partial charge in [0.2, 0.25) is 0 Å². The molecule has 3 aromatic rings. The summed E-state index contributed by atoms with van der Waals surface area (Å²) in [6, 6.07) is 6.14. The Hall–Kier alpha value is -4.24. The van der Waals surface area contributed by atoms with E-state index < -0.39 is 11.9 Å². The second kappa shape index (κ2) is 16.9. The van der Waals surface area contributed by atoms with Crippen molar-refractivity contribution < 1.29 is 24.5 Å². The summed E-state index contributed by atoms with van der Waals surface area (Å²) in [5.41, 5.74) is 12.2. The van der Waals surface area contributed by atoms with Gasteiger partial charge in [0.05, 0.1) is 29.1 Å². The number of nitrogens with zero attached hydrogens (tertiary/aromatic N) is 2. The summed E-state index contributed by atoms with van der Waals surface area (Å²) in [4.78, 5) is 41.8. The van der Waals surface area contributed by atoms with Crippen LogP contribution in [0.15, 0.2) is 18.2 Å². The number of fused-ring (bicyclic) bond motifs is 8. The van der Waals surface area contributed by atoms with Gasteiger partial charge in [0, 0.05) is 58.4 Å². The molecule has 0 fully saturated rings. The van der Waals surface area contributed by atoms with Gasteiger partial charge in [-0.2, -0.15) is 0 Å². The van der Waals surface area contributed by atoms with E-state index in [2.05, 4.69) is 50.7 Å².